The number of hydrogen-bond acceptors (Lipinski definition) is 4. The van der Waals surface area contributed by atoms with E-state index in [0.717, 1.165) is 21.7 Å². The van der Waals surface area contributed by atoms with Crippen molar-refractivity contribution >= 4 is 17.8 Å². The molecule has 37 heavy (non-hydrogen) atoms. The summed E-state index contributed by atoms with van der Waals surface area (Å²) in [4.78, 5) is 0. The predicted molar refractivity (Wildman–Crippen MR) is 149 cm³/mol. The lowest BCUT2D eigenvalue weighted by molar-refractivity contribution is -0.103. The highest BCUT2D eigenvalue weighted by Crippen LogP contribution is 2.51. The summed E-state index contributed by atoms with van der Waals surface area (Å²) in [5.41, 5.74) is 2.17. The molecule has 188 valence electrons. The molecular formula is C32H31O4P. The zero-order valence-electron chi connectivity index (χ0n) is 20.6. The van der Waals surface area contributed by atoms with E-state index in [9.17, 15) is 4.57 Å². The number of ether oxygens (including phenoxy) is 3. The van der Waals surface area contributed by atoms with Crippen LogP contribution < -0.4 is 10.6 Å². The largest absolute Gasteiger partial charge is 0.374 e. The molecule has 0 saturated heterocycles. The standard InChI is InChI=1S/C32H31O4P/c33-37(28-17-9-3-10-18-28,29-19-11-4-12-20-29)32-22-21-30(35-24-27-15-7-2-8-16-27)31(36-32)25-34-23-26-13-5-1-6-14-26/h1-22,30-32H,23-25H2/t30-,31+,32+/m0/s1. The van der Waals surface area contributed by atoms with Gasteiger partial charge in [-0.15, -0.1) is 0 Å². The molecule has 1 aliphatic heterocycles. The van der Waals surface area contributed by atoms with Crippen LogP contribution in [0.3, 0.4) is 0 Å². The van der Waals surface area contributed by atoms with Crippen molar-refractivity contribution in [2.45, 2.75) is 31.3 Å². The van der Waals surface area contributed by atoms with Crippen molar-refractivity contribution < 1.29 is 18.8 Å². The van der Waals surface area contributed by atoms with Gasteiger partial charge < -0.3 is 18.8 Å². The SMILES string of the molecule is O=P(c1ccccc1)(c1ccccc1)[C@@H]1C=C[C@H](OCc2ccccc2)[C@@H](COCc2ccccc2)O1. The van der Waals surface area contributed by atoms with Gasteiger partial charge in [0.05, 0.1) is 19.8 Å². The summed E-state index contributed by atoms with van der Waals surface area (Å²) >= 11 is 0. The van der Waals surface area contributed by atoms with Crippen molar-refractivity contribution in [2.75, 3.05) is 6.61 Å². The monoisotopic (exact) mass is 510 g/mol. The molecular weight excluding hydrogens is 479 g/mol. The average Bonchev–Trinajstić information content (AvgIpc) is 2.98. The Labute approximate surface area is 218 Å². The first-order valence-electron chi connectivity index (χ1n) is 12.6. The molecule has 0 aromatic heterocycles. The second-order valence-electron chi connectivity index (χ2n) is 9.04. The van der Waals surface area contributed by atoms with E-state index in [1.807, 2.05) is 133 Å². The van der Waals surface area contributed by atoms with Gasteiger partial charge in [0.15, 0.2) is 7.14 Å². The molecule has 0 amide bonds. The third-order valence-corrected chi connectivity index (χ3v) is 9.60. The maximum Gasteiger partial charge on any atom is 0.174 e. The molecule has 5 heteroatoms. The highest BCUT2D eigenvalue weighted by Gasteiger charge is 2.41. The van der Waals surface area contributed by atoms with Crippen molar-refractivity contribution in [1.82, 2.24) is 0 Å². The van der Waals surface area contributed by atoms with E-state index in [0.29, 0.717) is 19.8 Å². The lowest BCUT2D eigenvalue weighted by atomic mass is 10.1. The fourth-order valence-electron chi connectivity index (χ4n) is 4.51. The van der Waals surface area contributed by atoms with Crippen LogP contribution in [0, 0.1) is 0 Å². The van der Waals surface area contributed by atoms with Crippen LogP contribution >= 0.6 is 7.14 Å². The zero-order chi connectivity index (χ0) is 25.3. The van der Waals surface area contributed by atoms with Gasteiger partial charge in [-0.1, -0.05) is 127 Å². The van der Waals surface area contributed by atoms with Crippen molar-refractivity contribution in [3.8, 4) is 0 Å². The topological polar surface area (TPSA) is 44.8 Å². The van der Waals surface area contributed by atoms with Crippen molar-refractivity contribution in [3.05, 3.63) is 145 Å². The van der Waals surface area contributed by atoms with Gasteiger partial charge >= 0.3 is 0 Å². The van der Waals surface area contributed by atoms with Gasteiger partial charge in [0.2, 0.25) is 0 Å². The molecule has 0 spiro atoms. The first-order chi connectivity index (χ1) is 18.2. The highest BCUT2D eigenvalue weighted by molar-refractivity contribution is 7.79. The third kappa shape index (κ3) is 6.18. The summed E-state index contributed by atoms with van der Waals surface area (Å²) in [5, 5.41) is 1.53. The van der Waals surface area contributed by atoms with Crippen LogP contribution in [0.15, 0.2) is 133 Å². The summed E-state index contributed by atoms with van der Waals surface area (Å²) in [7, 11) is -3.15. The Kier molecular flexibility index (Phi) is 8.45. The minimum atomic E-state index is -3.15. The Morgan fingerprint density at radius 1 is 0.622 bits per heavy atom. The van der Waals surface area contributed by atoms with Gasteiger partial charge in [-0.2, -0.15) is 0 Å². The Morgan fingerprint density at radius 2 is 1.11 bits per heavy atom. The molecule has 4 nitrogen and oxygen atoms in total. The third-order valence-electron chi connectivity index (χ3n) is 6.46. The van der Waals surface area contributed by atoms with E-state index < -0.39 is 19.1 Å². The van der Waals surface area contributed by atoms with Crippen molar-refractivity contribution in [1.29, 1.82) is 0 Å². The second-order valence-corrected chi connectivity index (χ2v) is 11.9. The fraction of sp³-hybridized carbons (Fsp3) is 0.188. The summed E-state index contributed by atoms with van der Waals surface area (Å²) in [6.45, 7) is 1.24. The molecule has 0 N–H and O–H groups in total. The first-order valence-corrected chi connectivity index (χ1v) is 14.3. The van der Waals surface area contributed by atoms with Crippen LogP contribution in [0.4, 0.5) is 0 Å². The predicted octanol–water partition coefficient (Wildman–Crippen LogP) is 6.08. The first kappa shape index (κ1) is 25.4. The van der Waals surface area contributed by atoms with E-state index in [-0.39, 0.29) is 6.10 Å². The molecule has 4 aromatic rings. The lowest BCUT2D eigenvalue weighted by Crippen LogP contribution is -2.42. The van der Waals surface area contributed by atoms with E-state index in [4.69, 9.17) is 14.2 Å². The van der Waals surface area contributed by atoms with Gasteiger partial charge in [0.25, 0.3) is 0 Å². The van der Waals surface area contributed by atoms with E-state index in [2.05, 4.69) is 0 Å². The quantitative estimate of drug-likeness (QED) is 0.192. The Bertz CT molecular complexity index is 1270. The number of hydrogen-bond donors (Lipinski definition) is 0. The van der Waals surface area contributed by atoms with Crippen LogP contribution in [0.5, 0.6) is 0 Å². The van der Waals surface area contributed by atoms with Gasteiger partial charge in [0, 0.05) is 10.6 Å². The molecule has 0 unspecified atom stereocenters. The highest BCUT2D eigenvalue weighted by atomic mass is 31.2. The zero-order valence-corrected chi connectivity index (χ0v) is 21.5. The minimum Gasteiger partial charge on any atom is -0.374 e. The van der Waals surface area contributed by atoms with Gasteiger partial charge in [0.1, 0.15) is 18.1 Å². The molecule has 1 aliphatic rings. The van der Waals surface area contributed by atoms with Crippen LogP contribution in [0.1, 0.15) is 11.1 Å². The Hall–Kier alpha value is -3.27. The summed E-state index contributed by atoms with van der Waals surface area (Å²) in [5.74, 6) is -0.626. The van der Waals surface area contributed by atoms with E-state index in [1.165, 1.54) is 0 Å². The van der Waals surface area contributed by atoms with Gasteiger partial charge in [-0.05, 0) is 17.2 Å². The molecule has 5 rings (SSSR count). The van der Waals surface area contributed by atoms with E-state index >= 15 is 0 Å². The Morgan fingerprint density at radius 3 is 1.65 bits per heavy atom. The summed E-state index contributed by atoms with van der Waals surface area (Å²) in [6, 6.07) is 39.3. The van der Waals surface area contributed by atoms with Crippen LogP contribution in [0.25, 0.3) is 0 Å². The second kappa shape index (κ2) is 12.3. The molecule has 1 heterocycles. The van der Waals surface area contributed by atoms with Crippen LogP contribution in [0.2, 0.25) is 0 Å². The number of benzene rings is 4. The van der Waals surface area contributed by atoms with E-state index in [1.54, 1.807) is 0 Å². The molecule has 0 radical (unpaired) electrons. The summed E-state index contributed by atoms with van der Waals surface area (Å²) < 4.78 is 33.8. The van der Waals surface area contributed by atoms with Crippen molar-refractivity contribution in [2.24, 2.45) is 0 Å². The normalized spacial score (nSPS) is 19.5. The summed E-state index contributed by atoms with van der Waals surface area (Å²) in [6.07, 6.45) is 3.16. The molecule has 0 bridgehead atoms. The molecule has 4 aromatic carbocycles. The smallest absolute Gasteiger partial charge is 0.174 e. The van der Waals surface area contributed by atoms with Crippen LogP contribution in [-0.4, -0.2) is 24.7 Å². The number of rotatable bonds is 10. The van der Waals surface area contributed by atoms with Gasteiger partial charge in [-0.3, -0.25) is 0 Å². The van der Waals surface area contributed by atoms with Crippen LogP contribution in [-0.2, 0) is 32.0 Å². The maximum absolute atomic E-state index is 14.8. The molecule has 0 aliphatic carbocycles. The molecule has 0 fully saturated rings. The fourth-order valence-corrected chi connectivity index (χ4v) is 7.30. The maximum atomic E-state index is 14.8. The average molecular weight is 511 g/mol. The van der Waals surface area contributed by atoms with Gasteiger partial charge in [-0.25, -0.2) is 0 Å². The molecule has 0 saturated carbocycles. The lowest BCUT2D eigenvalue weighted by Gasteiger charge is -2.36. The van der Waals surface area contributed by atoms with Crippen molar-refractivity contribution in [3.63, 3.8) is 0 Å². The minimum absolute atomic E-state index is 0.318. The Balaban J connectivity index is 1.40. The molecule has 3 atom stereocenters.